The summed E-state index contributed by atoms with van der Waals surface area (Å²) in [6, 6.07) is 3.59. The van der Waals surface area contributed by atoms with Crippen LogP contribution < -0.4 is 0 Å². The van der Waals surface area contributed by atoms with Crippen molar-refractivity contribution in [3.63, 3.8) is 0 Å². The lowest BCUT2D eigenvalue weighted by molar-refractivity contribution is -0.390. The van der Waals surface area contributed by atoms with E-state index in [1.165, 1.54) is 11.3 Å². The van der Waals surface area contributed by atoms with Crippen molar-refractivity contribution in [2.75, 3.05) is 0 Å². The Morgan fingerprint density at radius 1 is 1.63 bits per heavy atom. The molecule has 0 radical (unpaired) electrons. The molecule has 6 nitrogen and oxygen atoms in total. The van der Waals surface area contributed by atoms with Gasteiger partial charge in [0.1, 0.15) is 0 Å². The molecule has 100 valence electrons. The number of carbonyl (C=O) groups excluding carboxylic acids is 1. The molecule has 0 N–H and O–H groups in total. The molecule has 19 heavy (non-hydrogen) atoms. The van der Waals surface area contributed by atoms with Crippen molar-refractivity contribution < 1.29 is 9.72 Å². The molecular formula is C11H10BrN3O3S. The maximum Gasteiger partial charge on any atom is 0.396 e. The second-order valence-electron chi connectivity index (χ2n) is 3.83. The van der Waals surface area contributed by atoms with Crippen LogP contribution in [0.5, 0.6) is 0 Å². The lowest BCUT2D eigenvalue weighted by Crippen LogP contribution is -2.06. The average Bonchev–Trinajstić information content (AvgIpc) is 2.96. The van der Waals surface area contributed by atoms with Gasteiger partial charge in [0.15, 0.2) is 10.4 Å². The van der Waals surface area contributed by atoms with E-state index < -0.39 is 4.92 Å². The van der Waals surface area contributed by atoms with Gasteiger partial charge >= 0.3 is 5.82 Å². The maximum absolute atomic E-state index is 11.9. The minimum absolute atomic E-state index is 0.0256. The minimum Gasteiger partial charge on any atom is -0.358 e. The number of aromatic nitrogens is 2. The normalized spacial score (nSPS) is 10.6. The monoisotopic (exact) mass is 343 g/mol. The quantitative estimate of drug-likeness (QED) is 0.474. The fraction of sp³-hybridized carbons (Fsp3) is 0.273. The predicted molar refractivity (Wildman–Crippen MR) is 74.6 cm³/mol. The summed E-state index contributed by atoms with van der Waals surface area (Å²) >= 11 is 4.54. The summed E-state index contributed by atoms with van der Waals surface area (Å²) in [6.45, 7) is 2.04. The molecule has 2 rings (SSSR count). The molecular weight excluding hydrogens is 334 g/mol. The maximum atomic E-state index is 11.9. The number of hydrogen-bond donors (Lipinski definition) is 0. The molecule has 0 aromatic carbocycles. The van der Waals surface area contributed by atoms with Crippen LogP contribution in [0.3, 0.4) is 0 Å². The molecule has 0 unspecified atom stereocenters. The average molecular weight is 344 g/mol. The second kappa shape index (κ2) is 5.62. The summed E-state index contributed by atoms with van der Waals surface area (Å²) in [4.78, 5) is 26.6. The van der Waals surface area contributed by atoms with Crippen LogP contribution in [0.25, 0.3) is 0 Å². The predicted octanol–water partition coefficient (Wildman–Crippen LogP) is 3.20. The van der Waals surface area contributed by atoms with Gasteiger partial charge in [-0.15, -0.1) is 11.3 Å². The van der Waals surface area contributed by atoms with Crippen molar-refractivity contribution in [2.45, 2.75) is 19.9 Å². The van der Waals surface area contributed by atoms with Gasteiger partial charge in [0, 0.05) is 19.9 Å². The van der Waals surface area contributed by atoms with Crippen LogP contribution in [0.1, 0.15) is 21.9 Å². The molecule has 0 saturated carbocycles. The highest BCUT2D eigenvalue weighted by atomic mass is 79.9. The van der Waals surface area contributed by atoms with Crippen molar-refractivity contribution in [1.29, 1.82) is 0 Å². The molecule has 0 saturated heterocycles. The molecule has 2 aromatic rings. The first-order valence-corrected chi connectivity index (χ1v) is 7.11. The number of hydrogen-bond acceptors (Lipinski definition) is 5. The van der Waals surface area contributed by atoms with Gasteiger partial charge in [-0.1, -0.05) is 6.07 Å². The molecule has 0 atom stereocenters. The second-order valence-corrected chi connectivity index (χ2v) is 5.53. The molecule has 0 bridgehead atoms. The SMILES string of the molecule is Cc1nc([N+](=O)[O-])c(Br)n1CCC(=O)c1cccs1. The summed E-state index contributed by atoms with van der Waals surface area (Å²) in [5.74, 6) is 0.316. The van der Waals surface area contributed by atoms with Gasteiger partial charge in [0.2, 0.25) is 5.82 Å². The van der Waals surface area contributed by atoms with Crippen LogP contribution in [0.15, 0.2) is 22.1 Å². The van der Waals surface area contributed by atoms with Crippen LogP contribution in [-0.4, -0.2) is 20.3 Å². The molecule has 2 aromatic heterocycles. The first-order valence-electron chi connectivity index (χ1n) is 5.44. The van der Waals surface area contributed by atoms with Gasteiger partial charge in [-0.05, 0) is 37.3 Å². The summed E-state index contributed by atoms with van der Waals surface area (Å²) in [6.07, 6.45) is 0.285. The molecule has 0 aliphatic carbocycles. The highest BCUT2D eigenvalue weighted by molar-refractivity contribution is 9.10. The van der Waals surface area contributed by atoms with Crippen LogP contribution in [-0.2, 0) is 6.54 Å². The summed E-state index contributed by atoms with van der Waals surface area (Å²) < 4.78 is 1.93. The van der Waals surface area contributed by atoms with Gasteiger partial charge in [0.25, 0.3) is 0 Å². The van der Waals surface area contributed by atoms with Crippen molar-refractivity contribution in [1.82, 2.24) is 9.55 Å². The van der Waals surface area contributed by atoms with Crippen molar-refractivity contribution in [3.05, 3.63) is 42.9 Å². The first kappa shape index (κ1) is 13.9. The zero-order valence-corrected chi connectivity index (χ0v) is 12.4. The van der Waals surface area contributed by atoms with Gasteiger partial charge in [-0.3, -0.25) is 9.36 Å². The van der Waals surface area contributed by atoms with E-state index in [4.69, 9.17) is 0 Å². The van der Waals surface area contributed by atoms with E-state index >= 15 is 0 Å². The molecule has 0 aliphatic heterocycles. The van der Waals surface area contributed by atoms with E-state index in [0.29, 0.717) is 21.8 Å². The Morgan fingerprint density at radius 3 is 2.89 bits per heavy atom. The summed E-state index contributed by atoms with van der Waals surface area (Å²) in [5.41, 5.74) is 0. The minimum atomic E-state index is -0.547. The summed E-state index contributed by atoms with van der Waals surface area (Å²) in [5, 5.41) is 12.6. The zero-order valence-electron chi connectivity index (χ0n) is 10.00. The number of aryl methyl sites for hydroxylation is 1. The lowest BCUT2D eigenvalue weighted by Gasteiger charge is -2.03. The van der Waals surface area contributed by atoms with Crippen LogP contribution in [0.4, 0.5) is 5.82 Å². The third-order valence-corrected chi connectivity index (χ3v) is 4.30. The smallest absolute Gasteiger partial charge is 0.358 e. The Morgan fingerprint density at radius 2 is 2.37 bits per heavy atom. The zero-order chi connectivity index (χ0) is 14.0. The number of thiophene rings is 1. The molecule has 8 heteroatoms. The third kappa shape index (κ3) is 2.90. The Labute approximate surface area is 121 Å². The highest BCUT2D eigenvalue weighted by Crippen LogP contribution is 2.25. The number of carbonyl (C=O) groups is 1. The highest BCUT2D eigenvalue weighted by Gasteiger charge is 2.23. The molecule has 0 fully saturated rings. The number of nitro groups is 1. The van der Waals surface area contributed by atoms with Gasteiger partial charge in [-0.2, -0.15) is 0 Å². The fourth-order valence-corrected chi connectivity index (χ4v) is 3.03. The fourth-order valence-electron chi connectivity index (χ4n) is 1.67. The first-order chi connectivity index (χ1) is 9.00. The van der Waals surface area contributed by atoms with Gasteiger partial charge in [-0.25, -0.2) is 0 Å². The van der Waals surface area contributed by atoms with E-state index in [-0.39, 0.29) is 18.0 Å². The Balaban J connectivity index is 2.12. The number of nitrogens with zero attached hydrogens (tertiary/aromatic N) is 3. The van der Waals surface area contributed by atoms with Gasteiger partial charge in [0.05, 0.1) is 4.88 Å². The van der Waals surface area contributed by atoms with Crippen LogP contribution in [0, 0.1) is 17.0 Å². The van der Waals surface area contributed by atoms with Crippen LogP contribution >= 0.6 is 27.3 Å². The van der Waals surface area contributed by atoms with E-state index in [1.54, 1.807) is 17.6 Å². The largest absolute Gasteiger partial charge is 0.396 e. The lowest BCUT2D eigenvalue weighted by atomic mass is 10.2. The van der Waals surface area contributed by atoms with Crippen molar-refractivity contribution >= 4 is 38.9 Å². The van der Waals surface area contributed by atoms with E-state index in [0.717, 1.165) is 0 Å². The summed E-state index contributed by atoms with van der Waals surface area (Å²) in [7, 11) is 0. The van der Waals surface area contributed by atoms with Crippen LogP contribution in [0.2, 0.25) is 0 Å². The van der Waals surface area contributed by atoms with E-state index in [2.05, 4.69) is 20.9 Å². The standard InChI is InChI=1S/C11H10BrN3O3S/c1-7-13-11(15(17)18)10(12)14(7)5-4-8(16)9-3-2-6-19-9/h2-3,6H,4-5H2,1H3. The molecule has 2 heterocycles. The molecule has 0 aliphatic rings. The molecule has 0 amide bonds. The topological polar surface area (TPSA) is 78.0 Å². The number of halogens is 1. The van der Waals surface area contributed by atoms with Gasteiger partial charge < -0.3 is 10.1 Å². The Hall–Kier alpha value is -1.54. The number of Topliss-reactive ketones (excluding diaryl/α,β-unsaturated/α-hetero) is 1. The molecule has 0 spiro atoms. The third-order valence-electron chi connectivity index (χ3n) is 2.61. The number of ketones is 1. The number of imidazole rings is 1. The van der Waals surface area contributed by atoms with E-state index in [1.807, 2.05) is 11.4 Å². The van der Waals surface area contributed by atoms with Crippen molar-refractivity contribution in [2.24, 2.45) is 0 Å². The Kier molecular flexibility index (Phi) is 4.11. The van der Waals surface area contributed by atoms with E-state index in [9.17, 15) is 14.9 Å². The Bertz CT molecular complexity index is 621. The van der Waals surface area contributed by atoms with Crippen molar-refractivity contribution in [3.8, 4) is 0 Å². The number of rotatable bonds is 5.